The number of nitrogens with zero attached hydrogens (tertiary/aromatic N) is 3. The monoisotopic (exact) mass is 299 g/mol. The molecule has 1 aliphatic carbocycles. The molecule has 0 aromatic carbocycles. The fraction of sp³-hybridized carbons (Fsp3) is 0.571. The highest BCUT2D eigenvalue weighted by Gasteiger charge is 2.35. The van der Waals surface area contributed by atoms with Crippen molar-refractivity contribution >= 4 is 11.6 Å². The van der Waals surface area contributed by atoms with Gasteiger partial charge in [0.15, 0.2) is 0 Å². The Morgan fingerprint density at radius 1 is 1.19 bits per heavy atom. The van der Waals surface area contributed by atoms with Crippen LogP contribution in [0, 0.1) is 5.92 Å². The summed E-state index contributed by atoms with van der Waals surface area (Å²) in [4.78, 5) is 19.0. The quantitative estimate of drug-likeness (QED) is 0.839. The lowest BCUT2D eigenvalue weighted by molar-refractivity contribution is -0.141. The Morgan fingerprint density at radius 2 is 1.86 bits per heavy atom. The lowest BCUT2D eigenvalue weighted by Gasteiger charge is -2.36. The topological polar surface area (TPSA) is 36.4 Å². The number of alkyl halides is 3. The predicted molar refractivity (Wildman–Crippen MR) is 70.8 cm³/mol. The SMILES string of the molecule is O=C(C1CC1)N1CCN(c2ccnc(C(F)(F)F)c2)CC1. The van der Waals surface area contributed by atoms with Gasteiger partial charge in [-0.25, -0.2) is 0 Å². The number of hydrogen-bond acceptors (Lipinski definition) is 3. The molecule has 2 aliphatic rings. The normalized spacial score (nSPS) is 19.8. The van der Waals surface area contributed by atoms with Gasteiger partial charge in [-0.15, -0.1) is 0 Å². The number of pyridine rings is 1. The standard InChI is InChI=1S/C14H16F3N3O/c15-14(16,17)12-9-11(3-4-18-12)19-5-7-20(8-6-19)13(21)10-1-2-10/h3-4,9-10H,1-2,5-8H2. The third-order valence-electron chi connectivity index (χ3n) is 3.92. The van der Waals surface area contributed by atoms with E-state index >= 15 is 0 Å². The maximum absolute atomic E-state index is 12.7. The second kappa shape index (κ2) is 5.20. The van der Waals surface area contributed by atoms with Gasteiger partial charge in [0.25, 0.3) is 0 Å². The molecule has 0 N–H and O–H groups in total. The van der Waals surface area contributed by atoms with E-state index in [1.165, 1.54) is 6.20 Å². The van der Waals surface area contributed by atoms with E-state index in [2.05, 4.69) is 4.98 Å². The Hall–Kier alpha value is -1.79. The van der Waals surface area contributed by atoms with Crippen LogP contribution < -0.4 is 4.90 Å². The number of aromatic nitrogens is 1. The Morgan fingerprint density at radius 3 is 2.43 bits per heavy atom. The number of carbonyl (C=O) groups is 1. The highest BCUT2D eigenvalue weighted by atomic mass is 19.4. The van der Waals surface area contributed by atoms with Gasteiger partial charge in [-0.05, 0) is 25.0 Å². The summed E-state index contributed by atoms with van der Waals surface area (Å²) in [6.45, 7) is 2.25. The van der Waals surface area contributed by atoms with Crippen LogP contribution in [0.2, 0.25) is 0 Å². The summed E-state index contributed by atoms with van der Waals surface area (Å²) in [6, 6.07) is 2.64. The van der Waals surface area contributed by atoms with E-state index in [0.29, 0.717) is 31.9 Å². The van der Waals surface area contributed by atoms with E-state index in [1.807, 2.05) is 9.80 Å². The summed E-state index contributed by atoms with van der Waals surface area (Å²) in [5, 5.41) is 0. The van der Waals surface area contributed by atoms with E-state index in [1.54, 1.807) is 6.07 Å². The maximum Gasteiger partial charge on any atom is 0.433 e. The average molecular weight is 299 g/mol. The molecule has 3 rings (SSSR count). The molecule has 2 heterocycles. The Kier molecular flexibility index (Phi) is 3.51. The molecule has 0 radical (unpaired) electrons. The van der Waals surface area contributed by atoms with Crippen LogP contribution in [0.5, 0.6) is 0 Å². The highest BCUT2D eigenvalue weighted by Crippen LogP contribution is 2.32. The number of rotatable bonds is 2. The van der Waals surface area contributed by atoms with E-state index in [0.717, 1.165) is 18.9 Å². The fourth-order valence-electron chi connectivity index (χ4n) is 2.54. The number of amides is 1. The predicted octanol–water partition coefficient (Wildman–Crippen LogP) is 2.16. The van der Waals surface area contributed by atoms with Crippen molar-refractivity contribution in [2.45, 2.75) is 19.0 Å². The molecule has 0 unspecified atom stereocenters. The van der Waals surface area contributed by atoms with Crippen LogP contribution in [0.3, 0.4) is 0 Å². The first-order valence-electron chi connectivity index (χ1n) is 7.02. The van der Waals surface area contributed by atoms with Crippen LogP contribution in [-0.2, 0) is 11.0 Å². The molecule has 0 bridgehead atoms. The second-order valence-electron chi connectivity index (χ2n) is 5.48. The fourth-order valence-corrected chi connectivity index (χ4v) is 2.54. The van der Waals surface area contributed by atoms with Crippen LogP contribution >= 0.6 is 0 Å². The molecule has 2 fully saturated rings. The van der Waals surface area contributed by atoms with Crippen molar-refractivity contribution in [3.63, 3.8) is 0 Å². The number of halogens is 3. The maximum atomic E-state index is 12.7. The molecule has 0 atom stereocenters. The molecule has 1 amide bonds. The van der Waals surface area contributed by atoms with Gasteiger partial charge in [0, 0.05) is 44.0 Å². The molecule has 0 spiro atoms. The molecule has 21 heavy (non-hydrogen) atoms. The van der Waals surface area contributed by atoms with Crippen molar-refractivity contribution < 1.29 is 18.0 Å². The van der Waals surface area contributed by atoms with Gasteiger partial charge < -0.3 is 9.80 Å². The third-order valence-corrected chi connectivity index (χ3v) is 3.92. The third kappa shape index (κ3) is 3.11. The molecular weight excluding hydrogens is 283 g/mol. The first-order chi connectivity index (χ1) is 9.95. The van der Waals surface area contributed by atoms with Crippen molar-refractivity contribution in [1.82, 2.24) is 9.88 Å². The summed E-state index contributed by atoms with van der Waals surface area (Å²) in [5.74, 6) is 0.384. The molecule has 1 aromatic heterocycles. The summed E-state index contributed by atoms with van der Waals surface area (Å²) in [6.07, 6.45) is -1.31. The first kappa shape index (κ1) is 14.2. The van der Waals surface area contributed by atoms with Crippen LogP contribution in [0.4, 0.5) is 18.9 Å². The van der Waals surface area contributed by atoms with Gasteiger partial charge in [-0.1, -0.05) is 0 Å². The number of piperazine rings is 1. The van der Waals surface area contributed by atoms with E-state index in [4.69, 9.17) is 0 Å². The van der Waals surface area contributed by atoms with E-state index in [9.17, 15) is 18.0 Å². The summed E-state index contributed by atoms with van der Waals surface area (Å²) < 4.78 is 38.0. The number of anilines is 1. The lowest BCUT2D eigenvalue weighted by Crippen LogP contribution is -2.49. The number of carbonyl (C=O) groups excluding carboxylic acids is 1. The van der Waals surface area contributed by atoms with Crippen molar-refractivity contribution in [2.24, 2.45) is 5.92 Å². The van der Waals surface area contributed by atoms with Crippen LogP contribution in [0.15, 0.2) is 18.3 Å². The number of hydrogen-bond donors (Lipinski definition) is 0. The minimum Gasteiger partial charge on any atom is -0.368 e. The van der Waals surface area contributed by atoms with E-state index < -0.39 is 11.9 Å². The lowest BCUT2D eigenvalue weighted by atomic mass is 10.2. The summed E-state index contributed by atoms with van der Waals surface area (Å²) in [5.41, 5.74) is -0.368. The Balaban J connectivity index is 1.65. The van der Waals surface area contributed by atoms with Gasteiger partial charge in [0.05, 0.1) is 0 Å². The van der Waals surface area contributed by atoms with Crippen molar-refractivity contribution in [3.05, 3.63) is 24.0 Å². The van der Waals surface area contributed by atoms with Gasteiger partial charge >= 0.3 is 6.18 Å². The van der Waals surface area contributed by atoms with Crippen LogP contribution in [0.25, 0.3) is 0 Å². The first-order valence-corrected chi connectivity index (χ1v) is 7.02. The highest BCUT2D eigenvalue weighted by molar-refractivity contribution is 5.81. The van der Waals surface area contributed by atoms with Gasteiger partial charge in [0.2, 0.25) is 5.91 Å². The average Bonchev–Trinajstić information content (AvgIpc) is 3.31. The molecule has 4 nitrogen and oxygen atoms in total. The summed E-state index contributed by atoms with van der Waals surface area (Å²) >= 11 is 0. The van der Waals surface area contributed by atoms with Crippen molar-refractivity contribution in [2.75, 3.05) is 31.1 Å². The molecule has 7 heteroatoms. The molecular formula is C14H16F3N3O. The van der Waals surface area contributed by atoms with Crippen LogP contribution in [0.1, 0.15) is 18.5 Å². The zero-order valence-corrected chi connectivity index (χ0v) is 11.4. The smallest absolute Gasteiger partial charge is 0.368 e. The van der Waals surface area contributed by atoms with Crippen LogP contribution in [-0.4, -0.2) is 42.0 Å². The zero-order chi connectivity index (χ0) is 15.0. The van der Waals surface area contributed by atoms with Crippen molar-refractivity contribution in [1.29, 1.82) is 0 Å². The minimum absolute atomic E-state index is 0.189. The largest absolute Gasteiger partial charge is 0.433 e. The minimum atomic E-state index is -4.43. The second-order valence-corrected chi connectivity index (χ2v) is 5.48. The molecule has 1 aliphatic heterocycles. The molecule has 1 saturated carbocycles. The zero-order valence-electron chi connectivity index (χ0n) is 11.4. The Labute approximate surface area is 120 Å². The molecule has 1 aromatic rings. The van der Waals surface area contributed by atoms with Gasteiger partial charge in [0.1, 0.15) is 5.69 Å². The van der Waals surface area contributed by atoms with E-state index in [-0.39, 0.29) is 11.8 Å². The van der Waals surface area contributed by atoms with Gasteiger partial charge in [-0.2, -0.15) is 13.2 Å². The van der Waals surface area contributed by atoms with Gasteiger partial charge in [-0.3, -0.25) is 9.78 Å². The molecule has 114 valence electrons. The summed E-state index contributed by atoms with van der Waals surface area (Å²) in [7, 11) is 0. The molecule has 1 saturated heterocycles. The van der Waals surface area contributed by atoms with Crippen molar-refractivity contribution in [3.8, 4) is 0 Å². The Bertz CT molecular complexity index is 535.